The molecule has 0 saturated heterocycles. The molecule has 8 heteroatoms. The third kappa shape index (κ3) is 6.90. The molecule has 33 heavy (non-hydrogen) atoms. The quantitative estimate of drug-likeness (QED) is 0.464. The van der Waals surface area contributed by atoms with E-state index in [4.69, 9.17) is 9.47 Å². The average Bonchev–Trinajstić information content (AvgIpc) is 2.83. The normalized spacial score (nSPS) is 11.6. The predicted molar refractivity (Wildman–Crippen MR) is 126 cm³/mol. The molecule has 0 aliphatic heterocycles. The third-order valence-electron chi connectivity index (χ3n) is 5.28. The van der Waals surface area contributed by atoms with Crippen molar-refractivity contribution in [2.24, 2.45) is 0 Å². The van der Waals surface area contributed by atoms with Gasteiger partial charge in [0, 0.05) is 24.9 Å². The number of aromatic nitrogens is 3. The second kappa shape index (κ2) is 11.8. The Morgan fingerprint density at radius 2 is 1.94 bits per heavy atom. The van der Waals surface area contributed by atoms with Crippen LogP contribution in [0.4, 0.5) is 0 Å². The largest absolute Gasteiger partial charge is 0.496 e. The molecule has 1 aromatic heterocycles. The van der Waals surface area contributed by atoms with Gasteiger partial charge in [-0.25, -0.2) is 0 Å². The zero-order valence-electron chi connectivity index (χ0n) is 19.3. The molecule has 174 valence electrons. The summed E-state index contributed by atoms with van der Waals surface area (Å²) in [4.78, 5) is 27.4. The fourth-order valence-corrected chi connectivity index (χ4v) is 3.25. The Morgan fingerprint density at radius 1 is 1.12 bits per heavy atom. The molecule has 0 spiro atoms. The molecule has 3 rings (SSSR count). The maximum absolute atomic E-state index is 12.5. The fourth-order valence-electron chi connectivity index (χ4n) is 3.25. The summed E-state index contributed by atoms with van der Waals surface area (Å²) in [6.45, 7) is 4.53. The Kier molecular flexibility index (Phi) is 8.57. The number of carbonyl (C=O) groups excluding carboxylic acids is 1. The van der Waals surface area contributed by atoms with Gasteiger partial charge in [0.1, 0.15) is 17.2 Å². The molecular formula is C25H30N4O4. The Balaban J connectivity index is 1.54. The maximum atomic E-state index is 12.5. The third-order valence-corrected chi connectivity index (χ3v) is 5.28. The summed E-state index contributed by atoms with van der Waals surface area (Å²) in [5.41, 5.74) is 1.61. The molecule has 0 saturated carbocycles. The van der Waals surface area contributed by atoms with Crippen molar-refractivity contribution < 1.29 is 14.3 Å². The first-order valence-electron chi connectivity index (χ1n) is 11.1. The van der Waals surface area contributed by atoms with E-state index in [1.807, 2.05) is 55.5 Å². The van der Waals surface area contributed by atoms with Gasteiger partial charge in [0.2, 0.25) is 5.91 Å². The van der Waals surface area contributed by atoms with Crippen LogP contribution < -0.4 is 20.3 Å². The van der Waals surface area contributed by atoms with Crippen molar-refractivity contribution >= 4 is 5.91 Å². The first-order valence-corrected chi connectivity index (χ1v) is 11.1. The van der Waals surface area contributed by atoms with Gasteiger partial charge >= 0.3 is 0 Å². The summed E-state index contributed by atoms with van der Waals surface area (Å²) in [7, 11) is 1.62. The first-order chi connectivity index (χ1) is 16.0. The summed E-state index contributed by atoms with van der Waals surface area (Å²) in [5.74, 6) is 1.72. The highest BCUT2D eigenvalue weighted by atomic mass is 16.5. The SMILES string of the molecule is CC[C@@H](C)Oc1cccc(-c2nnc(CCC(=O)NCCc3ccccc3OC)c(=O)[nH]2)c1. The van der Waals surface area contributed by atoms with Crippen LogP contribution in [0.3, 0.4) is 0 Å². The van der Waals surface area contributed by atoms with Gasteiger partial charge in [0.05, 0.1) is 13.2 Å². The summed E-state index contributed by atoms with van der Waals surface area (Å²) in [5, 5.41) is 11.1. The van der Waals surface area contributed by atoms with Crippen molar-refractivity contribution in [2.45, 2.75) is 45.6 Å². The number of ether oxygens (including phenoxy) is 2. The number of benzene rings is 2. The van der Waals surface area contributed by atoms with E-state index in [9.17, 15) is 9.59 Å². The molecule has 0 aliphatic carbocycles. The smallest absolute Gasteiger partial charge is 0.273 e. The molecule has 1 atom stereocenters. The number of para-hydroxylation sites is 1. The Bertz CT molecular complexity index is 1130. The molecule has 8 nitrogen and oxygen atoms in total. The number of nitrogens with zero attached hydrogens (tertiary/aromatic N) is 2. The van der Waals surface area contributed by atoms with E-state index in [0.717, 1.165) is 17.7 Å². The van der Waals surface area contributed by atoms with Crippen LogP contribution >= 0.6 is 0 Å². The summed E-state index contributed by atoms with van der Waals surface area (Å²) in [6.07, 6.45) is 2.00. The van der Waals surface area contributed by atoms with Gasteiger partial charge in [0.15, 0.2) is 5.82 Å². The molecular weight excluding hydrogens is 420 g/mol. The van der Waals surface area contributed by atoms with Gasteiger partial charge in [-0.1, -0.05) is 37.3 Å². The monoisotopic (exact) mass is 450 g/mol. The number of aryl methyl sites for hydroxylation is 1. The van der Waals surface area contributed by atoms with Crippen LogP contribution in [-0.4, -0.2) is 40.8 Å². The van der Waals surface area contributed by atoms with E-state index in [1.165, 1.54) is 0 Å². The van der Waals surface area contributed by atoms with Crippen molar-refractivity contribution in [1.29, 1.82) is 0 Å². The van der Waals surface area contributed by atoms with Crippen molar-refractivity contribution in [3.8, 4) is 22.9 Å². The number of carbonyl (C=O) groups is 1. The molecule has 0 unspecified atom stereocenters. The van der Waals surface area contributed by atoms with Gasteiger partial charge in [-0.2, -0.15) is 0 Å². The maximum Gasteiger partial charge on any atom is 0.273 e. The lowest BCUT2D eigenvalue weighted by molar-refractivity contribution is -0.121. The van der Waals surface area contributed by atoms with E-state index in [2.05, 4.69) is 27.4 Å². The van der Waals surface area contributed by atoms with Gasteiger partial charge in [-0.3, -0.25) is 9.59 Å². The van der Waals surface area contributed by atoms with Gasteiger partial charge in [0.25, 0.3) is 5.56 Å². The minimum absolute atomic E-state index is 0.0913. The standard InChI is InChI=1S/C25H30N4O4/c1-4-17(2)33-20-10-7-9-19(16-20)24-27-25(31)21(28-29-24)12-13-23(30)26-15-14-18-8-5-6-11-22(18)32-3/h5-11,16-17H,4,12-15H2,1-3H3,(H,26,30)(H,27,29,31)/t17-/m1/s1. The van der Waals surface area contributed by atoms with Gasteiger partial charge in [-0.05, 0) is 43.5 Å². The number of aromatic amines is 1. The molecule has 3 aromatic rings. The minimum Gasteiger partial charge on any atom is -0.496 e. The summed E-state index contributed by atoms with van der Waals surface area (Å²) in [6, 6.07) is 15.1. The van der Waals surface area contributed by atoms with E-state index in [0.29, 0.717) is 30.1 Å². The molecule has 0 radical (unpaired) electrons. The van der Waals surface area contributed by atoms with Crippen LogP contribution in [0.2, 0.25) is 0 Å². The second-order valence-electron chi connectivity index (χ2n) is 7.73. The number of H-pyrrole nitrogens is 1. The van der Waals surface area contributed by atoms with Crippen LogP contribution in [0.1, 0.15) is 37.9 Å². The molecule has 2 N–H and O–H groups in total. The Morgan fingerprint density at radius 3 is 2.70 bits per heavy atom. The van der Waals surface area contributed by atoms with E-state index in [1.54, 1.807) is 7.11 Å². The molecule has 1 heterocycles. The number of rotatable bonds is 11. The van der Waals surface area contributed by atoms with Crippen LogP contribution in [-0.2, 0) is 17.6 Å². The highest BCUT2D eigenvalue weighted by molar-refractivity contribution is 5.76. The average molecular weight is 451 g/mol. The first kappa shape index (κ1) is 24.0. The van der Waals surface area contributed by atoms with Crippen molar-refractivity contribution in [3.63, 3.8) is 0 Å². The lowest BCUT2D eigenvalue weighted by Gasteiger charge is -2.13. The minimum atomic E-state index is -0.352. The van der Waals surface area contributed by atoms with Crippen LogP contribution in [0.5, 0.6) is 11.5 Å². The molecule has 0 bridgehead atoms. The Labute approximate surface area is 193 Å². The van der Waals surface area contributed by atoms with Crippen molar-refractivity contribution in [1.82, 2.24) is 20.5 Å². The highest BCUT2D eigenvalue weighted by Gasteiger charge is 2.11. The van der Waals surface area contributed by atoms with Gasteiger partial charge < -0.3 is 19.8 Å². The van der Waals surface area contributed by atoms with Crippen molar-refractivity contribution in [2.75, 3.05) is 13.7 Å². The highest BCUT2D eigenvalue weighted by Crippen LogP contribution is 2.21. The topological polar surface area (TPSA) is 106 Å². The number of methoxy groups -OCH3 is 1. The lowest BCUT2D eigenvalue weighted by atomic mass is 10.1. The lowest BCUT2D eigenvalue weighted by Crippen LogP contribution is -2.27. The molecule has 2 aromatic carbocycles. The fraction of sp³-hybridized carbons (Fsp3) is 0.360. The summed E-state index contributed by atoms with van der Waals surface area (Å²) < 4.78 is 11.1. The van der Waals surface area contributed by atoms with E-state index in [-0.39, 0.29) is 36.1 Å². The van der Waals surface area contributed by atoms with E-state index >= 15 is 0 Å². The summed E-state index contributed by atoms with van der Waals surface area (Å²) >= 11 is 0. The van der Waals surface area contributed by atoms with E-state index < -0.39 is 0 Å². The van der Waals surface area contributed by atoms with Crippen LogP contribution in [0, 0.1) is 0 Å². The number of hydrogen-bond acceptors (Lipinski definition) is 6. The number of nitrogens with one attached hydrogen (secondary N) is 2. The second-order valence-corrected chi connectivity index (χ2v) is 7.73. The zero-order chi connectivity index (χ0) is 23.6. The van der Waals surface area contributed by atoms with Crippen LogP contribution in [0.25, 0.3) is 11.4 Å². The van der Waals surface area contributed by atoms with Crippen molar-refractivity contribution in [3.05, 3.63) is 70.1 Å². The predicted octanol–water partition coefficient (Wildman–Crippen LogP) is 3.31. The molecule has 1 amide bonds. The molecule has 0 fully saturated rings. The van der Waals surface area contributed by atoms with Crippen LogP contribution in [0.15, 0.2) is 53.3 Å². The Hall–Kier alpha value is -3.68. The number of hydrogen-bond donors (Lipinski definition) is 2. The van der Waals surface area contributed by atoms with Gasteiger partial charge in [-0.15, -0.1) is 10.2 Å². The molecule has 0 aliphatic rings. The zero-order valence-corrected chi connectivity index (χ0v) is 19.3. The number of amides is 1.